The lowest BCUT2D eigenvalue weighted by molar-refractivity contribution is -0.124. The number of amides is 2. The zero-order valence-corrected chi connectivity index (χ0v) is 23.1. The van der Waals surface area contributed by atoms with Gasteiger partial charge in [-0.25, -0.2) is 0 Å². The van der Waals surface area contributed by atoms with E-state index in [-0.39, 0.29) is 22.9 Å². The zero-order valence-electron chi connectivity index (χ0n) is 21.5. The van der Waals surface area contributed by atoms with Gasteiger partial charge in [0, 0.05) is 11.1 Å². The van der Waals surface area contributed by atoms with Gasteiger partial charge in [-0.1, -0.05) is 18.2 Å². The molecule has 1 aromatic rings. The summed E-state index contributed by atoms with van der Waals surface area (Å²) >= 11 is 3.40. The summed E-state index contributed by atoms with van der Waals surface area (Å²) in [4.78, 5) is 30.9. The molecule has 33 heavy (non-hydrogen) atoms. The molecule has 2 atom stereocenters. The Kier molecular flexibility index (Phi) is 12.4. The van der Waals surface area contributed by atoms with E-state index in [0.717, 1.165) is 17.2 Å². The molecule has 0 aliphatic carbocycles. The van der Waals surface area contributed by atoms with Crippen molar-refractivity contribution in [1.82, 2.24) is 10.6 Å². The first kappa shape index (κ1) is 29.4. The average molecular weight is 495 g/mol. The summed E-state index contributed by atoms with van der Waals surface area (Å²) in [6.07, 6.45) is 5.38. The van der Waals surface area contributed by atoms with E-state index in [1.807, 2.05) is 84.4 Å². The van der Waals surface area contributed by atoms with Crippen molar-refractivity contribution in [3.8, 4) is 0 Å². The van der Waals surface area contributed by atoms with Gasteiger partial charge in [0.1, 0.15) is 12.1 Å². The molecule has 0 unspecified atom stereocenters. The quantitative estimate of drug-likeness (QED) is 0.432. The Morgan fingerprint density at radius 1 is 0.848 bits per heavy atom. The lowest BCUT2D eigenvalue weighted by Crippen LogP contribution is -2.49. The van der Waals surface area contributed by atoms with E-state index in [9.17, 15) is 9.59 Å². The third-order valence-corrected chi connectivity index (χ3v) is 5.75. The van der Waals surface area contributed by atoms with Gasteiger partial charge in [-0.15, -0.1) is 0 Å². The minimum atomic E-state index is -0.507. The van der Waals surface area contributed by atoms with Gasteiger partial charge in [-0.2, -0.15) is 23.5 Å². The fraction of sp³-hybridized carbons (Fsp3) is 0.640. The van der Waals surface area contributed by atoms with Gasteiger partial charge in [0.2, 0.25) is 11.8 Å². The van der Waals surface area contributed by atoms with E-state index in [0.29, 0.717) is 18.2 Å². The number of thioether (sulfide) groups is 2. The first-order valence-corrected chi connectivity index (χ1v) is 14.2. The van der Waals surface area contributed by atoms with E-state index in [2.05, 4.69) is 16.0 Å². The molecular weight excluding hydrogens is 452 g/mol. The topological polar surface area (TPSA) is 82.6 Å². The molecule has 0 fully saturated rings. The number of carbonyl (C=O) groups excluding carboxylic acids is 2. The number of nitrogens with zero attached hydrogens (tertiary/aromatic N) is 1. The van der Waals surface area contributed by atoms with Crippen LogP contribution in [0.4, 0.5) is 5.69 Å². The highest BCUT2D eigenvalue weighted by Gasteiger charge is 2.24. The fourth-order valence-corrected chi connectivity index (χ4v) is 3.96. The molecule has 0 aromatic heterocycles. The van der Waals surface area contributed by atoms with Crippen LogP contribution in [0.15, 0.2) is 35.3 Å². The molecule has 0 heterocycles. The molecule has 1 rings (SSSR count). The maximum Gasteiger partial charge on any atom is 0.245 e. The standard InChI is InChI=1S/C25H42N4O2S2/c1-24(2,3)28-22(30)20(14-16-32-7)26-18-12-10-9-11-13-19(18)27-21(15-17-33-8)23(31)29-25(4,5)6/h9-13,20-21H,14-17H2,1-8H3,(H,26,27)(H,28,30)(H,29,31)/t20-,21-/m0/s1. The SMILES string of the molecule is CSCC[C@H](N=c1cccccc1N[C@@H](CCSC)C(=O)NC(C)(C)C)C(=O)NC(C)(C)C. The number of nitrogens with one attached hydrogen (secondary N) is 3. The molecule has 0 aliphatic rings. The smallest absolute Gasteiger partial charge is 0.245 e. The summed E-state index contributed by atoms with van der Waals surface area (Å²) in [6, 6.07) is 8.65. The van der Waals surface area contributed by atoms with Crippen molar-refractivity contribution in [2.24, 2.45) is 4.99 Å². The van der Waals surface area contributed by atoms with Crippen LogP contribution in [-0.4, -0.2) is 59.0 Å². The highest BCUT2D eigenvalue weighted by Crippen LogP contribution is 2.12. The minimum absolute atomic E-state index is 0.0431. The van der Waals surface area contributed by atoms with E-state index < -0.39 is 12.1 Å². The highest BCUT2D eigenvalue weighted by atomic mass is 32.2. The molecule has 3 N–H and O–H groups in total. The fourth-order valence-electron chi connectivity index (χ4n) is 3.03. The molecule has 0 saturated carbocycles. The molecule has 186 valence electrons. The third kappa shape index (κ3) is 12.4. The summed E-state index contributed by atoms with van der Waals surface area (Å²) in [5.41, 5.74) is 0.0901. The Bertz CT molecular complexity index is 832. The molecule has 0 spiro atoms. The molecule has 1 aromatic carbocycles. The van der Waals surface area contributed by atoms with Crippen molar-refractivity contribution in [3.63, 3.8) is 0 Å². The van der Waals surface area contributed by atoms with Gasteiger partial charge in [0.25, 0.3) is 0 Å². The van der Waals surface area contributed by atoms with Crippen LogP contribution in [0.1, 0.15) is 54.4 Å². The van der Waals surface area contributed by atoms with Crippen molar-refractivity contribution >= 4 is 41.0 Å². The number of carbonyl (C=O) groups is 2. The number of rotatable bonds is 11. The molecule has 8 heteroatoms. The van der Waals surface area contributed by atoms with Crippen molar-refractivity contribution < 1.29 is 9.59 Å². The van der Waals surface area contributed by atoms with Crippen LogP contribution in [0.5, 0.6) is 0 Å². The normalized spacial score (nSPS) is 14.4. The molecule has 2 amide bonds. The van der Waals surface area contributed by atoms with Crippen LogP contribution >= 0.6 is 23.5 Å². The van der Waals surface area contributed by atoms with Gasteiger partial charge in [-0.3, -0.25) is 14.6 Å². The van der Waals surface area contributed by atoms with Crippen LogP contribution in [0.25, 0.3) is 0 Å². The predicted octanol–water partition coefficient (Wildman–Crippen LogP) is 4.07. The van der Waals surface area contributed by atoms with Crippen molar-refractivity contribution in [1.29, 1.82) is 0 Å². The lowest BCUT2D eigenvalue weighted by atomic mass is 10.1. The van der Waals surface area contributed by atoms with Gasteiger partial charge < -0.3 is 16.0 Å². The second-order valence-corrected chi connectivity index (χ2v) is 12.1. The monoisotopic (exact) mass is 494 g/mol. The molecule has 6 nitrogen and oxygen atoms in total. The van der Waals surface area contributed by atoms with E-state index in [1.165, 1.54) is 0 Å². The largest absolute Gasteiger partial charge is 0.372 e. The summed E-state index contributed by atoms with van der Waals surface area (Å²) in [5, 5.41) is 10.2. The Labute approximate surface area is 208 Å². The third-order valence-electron chi connectivity index (χ3n) is 4.46. The average Bonchev–Trinajstić information content (AvgIpc) is 2.90. The van der Waals surface area contributed by atoms with E-state index >= 15 is 0 Å². The summed E-state index contributed by atoms with van der Waals surface area (Å²) in [5.74, 6) is 1.56. The van der Waals surface area contributed by atoms with Gasteiger partial charge in [0.05, 0.1) is 11.0 Å². The molecule has 0 radical (unpaired) electrons. The number of hydrogen-bond donors (Lipinski definition) is 3. The Morgan fingerprint density at radius 3 is 1.97 bits per heavy atom. The summed E-state index contributed by atoms with van der Waals surface area (Å²) in [6.45, 7) is 11.8. The van der Waals surface area contributed by atoms with Gasteiger partial charge >= 0.3 is 0 Å². The Morgan fingerprint density at radius 2 is 1.39 bits per heavy atom. The van der Waals surface area contributed by atoms with Crippen molar-refractivity contribution in [3.05, 3.63) is 35.7 Å². The van der Waals surface area contributed by atoms with Crippen LogP contribution < -0.4 is 21.3 Å². The molecule has 0 aliphatic heterocycles. The Hall–Kier alpha value is -1.67. The molecule has 0 saturated heterocycles. The van der Waals surface area contributed by atoms with Crippen LogP contribution in [0.3, 0.4) is 0 Å². The van der Waals surface area contributed by atoms with Crippen LogP contribution in [-0.2, 0) is 9.59 Å². The number of anilines is 1. The van der Waals surface area contributed by atoms with E-state index in [4.69, 9.17) is 4.99 Å². The van der Waals surface area contributed by atoms with Crippen molar-refractivity contribution in [2.75, 3.05) is 29.3 Å². The van der Waals surface area contributed by atoms with Gasteiger partial charge in [0.15, 0.2) is 0 Å². The summed E-state index contributed by atoms with van der Waals surface area (Å²) < 4.78 is 0. The second kappa shape index (κ2) is 13.9. The number of hydrogen-bond acceptors (Lipinski definition) is 6. The summed E-state index contributed by atoms with van der Waals surface area (Å²) in [7, 11) is 0. The Balaban J connectivity index is 3.37. The highest BCUT2D eigenvalue weighted by molar-refractivity contribution is 7.98. The maximum absolute atomic E-state index is 13.0. The second-order valence-electron chi connectivity index (χ2n) is 10.1. The molecular formula is C25H42N4O2S2. The molecule has 0 bridgehead atoms. The predicted molar refractivity (Wildman–Crippen MR) is 145 cm³/mol. The van der Waals surface area contributed by atoms with Crippen LogP contribution in [0, 0.1) is 0 Å². The zero-order chi connectivity index (χ0) is 25.1. The first-order valence-electron chi connectivity index (χ1n) is 11.4. The maximum atomic E-state index is 13.0. The minimum Gasteiger partial charge on any atom is -0.372 e. The van der Waals surface area contributed by atoms with Crippen molar-refractivity contribution in [2.45, 2.75) is 77.5 Å². The van der Waals surface area contributed by atoms with E-state index in [1.54, 1.807) is 23.5 Å². The van der Waals surface area contributed by atoms with Crippen LogP contribution in [0.2, 0.25) is 0 Å². The van der Waals surface area contributed by atoms with Gasteiger partial charge in [-0.05, 0) is 90.5 Å². The first-order chi connectivity index (χ1) is 15.4. The lowest BCUT2D eigenvalue weighted by Gasteiger charge is -2.26.